The lowest BCUT2D eigenvalue weighted by molar-refractivity contribution is -0.126. The van der Waals surface area contributed by atoms with Gasteiger partial charge in [-0.25, -0.2) is 0 Å². The molecule has 0 bridgehead atoms. The zero-order chi connectivity index (χ0) is 13.9. The van der Waals surface area contributed by atoms with Crippen LogP contribution in [0.2, 0.25) is 0 Å². The van der Waals surface area contributed by atoms with Crippen LogP contribution in [0.3, 0.4) is 0 Å². The summed E-state index contributed by atoms with van der Waals surface area (Å²) in [5.74, 6) is -0.194. The third-order valence-electron chi connectivity index (χ3n) is 2.96. The molecule has 0 aliphatic carbocycles. The van der Waals surface area contributed by atoms with Gasteiger partial charge in [0, 0.05) is 24.8 Å². The van der Waals surface area contributed by atoms with Crippen molar-refractivity contribution in [3.05, 3.63) is 17.5 Å². The van der Waals surface area contributed by atoms with Gasteiger partial charge in [-0.2, -0.15) is 5.10 Å². The molecule has 0 saturated carbocycles. The Labute approximate surface area is 109 Å². The lowest BCUT2D eigenvalue weighted by Crippen LogP contribution is -2.46. The van der Waals surface area contributed by atoms with Gasteiger partial charge in [0.1, 0.15) is 0 Å². The normalized spacial score (nSPS) is 13.4. The van der Waals surface area contributed by atoms with Gasteiger partial charge in [-0.15, -0.1) is 0 Å². The molecule has 0 aromatic carbocycles. The van der Waals surface area contributed by atoms with Crippen LogP contribution in [0, 0.1) is 12.8 Å². The zero-order valence-electron chi connectivity index (χ0n) is 11.9. The highest BCUT2D eigenvalue weighted by Crippen LogP contribution is 2.13. The standard InChI is InChI=1S/C13H24N4O/c1-9-11(8-15-17(9)5)6-10(7-14)12(18)16-13(2,3)4/h8,10H,6-7,14H2,1-5H3,(H,16,18). The van der Waals surface area contributed by atoms with E-state index in [1.54, 1.807) is 0 Å². The van der Waals surface area contributed by atoms with E-state index < -0.39 is 0 Å². The van der Waals surface area contributed by atoms with Crippen LogP contribution < -0.4 is 11.1 Å². The van der Waals surface area contributed by atoms with E-state index in [0.717, 1.165) is 11.3 Å². The smallest absolute Gasteiger partial charge is 0.225 e. The van der Waals surface area contributed by atoms with Crippen LogP contribution in [0.25, 0.3) is 0 Å². The molecule has 1 atom stereocenters. The molecule has 1 rings (SSSR count). The Balaban J connectivity index is 2.73. The summed E-state index contributed by atoms with van der Waals surface area (Å²) in [6.45, 7) is 8.24. The van der Waals surface area contributed by atoms with E-state index in [1.807, 2.05) is 45.6 Å². The highest BCUT2D eigenvalue weighted by molar-refractivity contribution is 5.79. The SMILES string of the molecule is Cc1c(CC(CN)C(=O)NC(C)(C)C)cnn1C. The Morgan fingerprint density at radius 2 is 2.17 bits per heavy atom. The Morgan fingerprint density at radius 1 is 1.56 bits per heavy atom. The second kappa shape index (κ2) is 5.52. The minimum Gasteiger partial charge on any atom is -0.351 e. The van der Waals surface area contributed by atoms with Crippen molar-refractivity contribution < 1.29 is 4.79 Å². The lowest BCUT2D eigenvalue weighted by atomic mass is 9.97. The fraction of sp³-hybridized carbons (Fsp3) is 0.692. The van der Waals surface area contributed by atoms with Crippen molar-refractivity contribution in [2.45, 2.75) is 39.7 Å². The van der Waals surface area contributed by atoms with Gasteiger partial charge in [0.15, 0.2) is 0 Å². The largest absolute Gasteiger partial charge is 0.351 e. The summed E-state index contributed by atoms with van der Waals surface area (Å²) in [5.41, 5.74) is 7.64. The van der Waals surface area contributed by atoms with Crippen LogP contribution in [0.15, 0.2) is 6.20 Å². The van der Waals surface area contributed by atoms with E-state index in [0.29, 0.717) is 13.0 Å². The van der Waals surface area contributed by atoms with E-state index in [1.165, 1.54) is 0 Å². The summed E-state index contributed by atoms with van der Waals surface area (Å²) < 4.78 is 1.81. The van der Waals surface area contributed by atoms with E-state index in [9.17, 15) is 4.79 Å². The van der Waals surface area contributed by atoms with Crippen molar-refractivity contribution in [2.75, 3.05) is 6.54 Å². The highest BCUT2D eigenvalue weighted by atomic mass is 16.2. The van der Waals surface area contributed by atoms with Gasteiger partial charge in [-0.1, -0.05) is 0 Å². The number of hydrogen-bond acceptors (Lipinski definition) is 3. The average molecular weight is 252 g/mol. The molecular weight excluding hydrogens is 228 g/mol. The molecule has 3 N–H and O–H groups in total. The van der Waals surface area contributed by atoms with Crippen molar-refractivity contribution in [3.8, 4) is 0 Å². The van der Waals surface area contributed by atoms with Crippen molar-refractivity contribution in [3.63, 3.8) is 0 Å². The van der Waals surface area contributed by atoms with Crippen LogP contribution in [-0.2, 0) is 18.3 Å². The van der Waals surface area contributed by atoms with Gasteiger partial charge in [-0.3, -0.25) is 9.48 Å². The minimum absolute atomic E-state index is 0.00764. The van der Waals surface area contributed by atoms with Gasteiger partial charge < -0.3 is 11.1 Å². The minimum atomic E-state index is -0.228. The number of amides is 1. The third-order valence-corrected chi connectivity index (χ3v) is 2.96. The topological polar surface area (TPSA) is 72.9 Å². The molecule has 5 nitrogen and oxygen atoms in total. The first-order valence-corrected chi connectivity index (χ1v) is 6.24. The van der Waals surface area contributed by atoms with Crippen LogP contribution >= 0.6 is 0 Å². The number of nitrogens with two attached hydrogens (primary N) is 1. The first-order valence-electron chi connectivity index (χ1n) is 6.24. The number of rotatable bonds is 4. The average Bonchev–Trinajstić information content (AvgIpc) is 2.54. The lowest BCUT2D eigenvalue weighted by Gasteiger charge is -2.24. The number of aryl methyl sites for hydroxylation is 1. The Hall–Kier alpha value is -1.36. The zero-order valence-corrected chi connectivity index (χ0v) is 11.9. The van der Waals surface area contributed by atoms with Gasteiger partial charge in [0.05, 0.1) is 12.1 Å². The summed E-state index contributed by atoms with van der Waals surface area (Å²) in [6.07, 6.45) is 2.44. The van der Waals surface area contributed by atoms with Crippen LogP contribution in [0.5, 0.6) is 0 Å². The molecule has 0 fully saturated rings. The second-order valence-electron chi connectivity index (χ2n) is 5.75. The van der Waals surface area contributed by atoms with Crippen LogP contribution in [-0.4, -0.2) is 27.8 Å². The molecule has 0 aliphatic rings. The van der Waals surface area contributed by atoms with Crippen molar-refractivity contribution >= 4 is 5.91 Å². The number of hydrogen-bond donors (Lipinski definition) is 2. The molecule has 0 aliphatic heterocycles. The maximum Gasteiger partial charge on any atom is 0.225 e. The molecule has 0 radical (unpaired) electrons. The first-order chi connectivity index (χ1) is 8.24. The van der Waals surface area contributed by atoms with Gasteiger partial charge in [0.25, 0.3) is 0 Å². The monoisotopic (exact) mass is 252 g/mol. The number of nitrogens with one attached hydrogen (secondary N) is 1. The Bertz CT molecular complexity index is 417. The van der Waals surface area contributed by atoms with Gasteiger partial charge >= 0.3 is 0 Å². The molecule has 1 aromatic heterocycles. The molecule has 1 unspecified atom stereocenters. The highest BCUT2D eigenvalue weighted by Gasteiger charge is 2.23. The van der Waals surface area contributed by atoms with Crippen LogP contribution in [0.4, 0.5) is 0 Å². The maximum atomic E-state index is 12.1. The van der Waals surface area contributed by atoms with E-state index in [-0.39, 0.29) is 17.4 Å². The Kier molecular flexibility index (Phi) is 4.51. The number of carbonyl (C=O) groups is 1. The number of carbonyl (C=O) groups excluding carboxylic acids is 1. The fourth-order valence-corrected chi connectivity index (χ4v) is 1.76. The molecule has 1 amide bonds. The quantitative estimate of drug-likeness (QED) is 0.831. The molecule has 18 heavy (non-hydrogen) atoms. The molecular formula is C13H24N4O. The summed E-state index contributed by atoms with van der Waals surface area (Å²) in [6, 6.07) is 0. The molecule has 102 valence electrons. The van der Waals surface area contributed by atoms with E-state index in [2.05, 4.69) is 10.4 Å². The fourth-order valence-electron chi connectivity index (χ4n) is 1.76. The molecule has 0 spiro atoms. The summed E-state index contributed by atoms with van der Waals surface area (Å²) in [4.78, 5) is 12.1. The summed E-state index contributed by atoms with van der Waals surface area (Å²) in [5, 5.41) is 7.15. The van der Waals surface area contributed by atoms with E-state index in [4.69, 9.17) is 5.73 Å². The summed E-state index contributed by atoms with van der Waals surface area (Å²) in [7, 11) is 1.89. The van der Waals surface area contributed by atoms with Crippen molar-refractivity contribution in [1.29, 1.82) is 0 Å². The van der Waals surface area contributed by atoms with Crippen molar-refractivity contribution in [1.82, 2.24) is 15.1 Å². The first kappa shape index (κ1) is 14.7. The molecule has 1 heterocycles. The second-order valence-corrected chi connectivity index (χ2v) is 5.75. The van der Waals surface area contributed by atoms with Gasteiger partial charge in [0.2, 0.25) is 5.91 Å². The van der Waals surface area contributed by atoms with E-state index >= 15 is 0 Å². The maximum absolute atomic E-state index is 12.1. The summed E-state index contributed by atoms with van der Waals surface area (Å²) >= 11 is 0. The van der Waals surface area contributed by atoms with Crippen molar-refractivity contribution in [2.24, 2.45) is 18.7 Å². The predicted molar refractivity (Wildman–Crippen MR) is 72.1 cm³/mol. The number of nitrogens with zero attached hydrogens (tertiary/aromatic N) is 2. The van der Waals surface area contributed by atoms with Gasteiger partial charge in [-0.05, 0) is 39.7 Å². The molecule has 0 saturated heterocycles. The molecule has 5 heteroatoms. The number of aromatic nitrogens is 2. The van der Waals surface area contributed by atoms with Crippen LogP contribution in [0.1, 0.15) is 32.0 Å². The molecule has 1 aromatic rings. The Morgan fingerprint density at radius 3 is 2.56 bits per heavy atom. The third kappa shape index (κ3) is 3.84. The predicted octanol–water partition coefficient (Wildman–Crippen LogP) is 0.761.